The van der Waals surface area contributed by atoms with Crippen LogP contribution in [0, 0.1) is 0 Å². The van der Waals surface area contributed by atoms with Crippen molar-refractivity contribution < 1.29 is 13.2 Å². The first kappa shape index (κ1) is 14.1. The van der Waals surface area contributed by atoms with Gasteiger partial charge >= 0.3 is 0 Å². The van der Waals surface area contributed by atoms with Crippen LogP contribution >= 0.6 is 11.6 Å². The molecule has 0 aromatic heterocycles. The molecule has 7 heteroatoms. The Morgan fingerprint density at radius 3 is 2.56 bits per heavy atom. The van der Waals surface area contributed by atoms with Gasteiger partial charge in [0.05, 0.1) is 5.75 Å². The lowest BCUT2D eigenvalue weighted by molar-refractivity contribution is -0.128. The Bertz CT molecular complexity index is 413. The van der Waals surface area contributed by atoms with Crippen LogP contribution in [0.3, 0.4) is 0 Å². The fourth-order valence-electron chi connectivity index (χ4n) is 2.77. The van der Waals surface area contributed by atoms with Gasteiger partial charge in [0.25, 0.3) is 0 Å². The van der Waals surface area contributed by atoms with Crippen LogP contribution in [0.2, 0.25) is 0 Å². The number of rotatable bonds is 2. The van der Waals surface area contributed by atoms with Crippen molar-refractivity contribution in [1.29, 1.82) is 0 Å². The topological polar surface area (TPSA) is 57.7 Å². The third-order valence-electron chi connectivity index (χ3n) is 3.71. The van der Waals surface area contributed by atoms with Crippen LogP contribution in [-0.2, 0) is 14.8 Å². The summed E-state index contributed by atoms with van der Waals surface area (Å²) in [4.78, 5) is 13.3. The summed E-state index contributed by atoms with van der Waals surface area (Å²) in [7, 11) is -3.04. The Morgan fingerprint density at radius 1 is 1.17 bits per heavy atom. The lowest BCUT2D eigenvalue weighted by Crippen LogP contribution is -2.38. The summed E-state index contributed by atoms with van der Waals surface area (Å²) in [6.07, 6.45) is 3.13. The third-order valence-corrected chi connectivity index (χ3v) is 5.94. The average molecular weight is 295 g/mol. The molecule has 2 saturated heterocycles. The van der Waals surface area contributed by atoms with Crippen molar-refractivity contribution >= 4 is 27.5 Å². The SMILES string of the molecule is O=C(CCl)N1CCCC(N2CCCS2(=O)=O)CC1. The monoisotopic (exact) mass is 294 g/mol. The summed E-state index contributed by atoms with van der Waals surface area (Å²) in [5.41, 5.74) is 0. The highest BCUT2D eigenvalue weighted by atomic mass is 35.5. The highest BCUT2D eigenvalue weighted by Gasteiger charge is 2.35. The fourth-order valence-corrected chi connectivity index (χ4v) is 4.74. The summed E-state index contributed by atoms with van der Waals surface area (Å²) in [6, 6.07) is 0.0608. The van der Waals surface area contributed by atoms with E-state index in [1.165, 1.54) is 0 Å². The molecule has 1 atom stereocenters. The van der Waals surface area contributed by atoms with Gasteiger partial charge in [-0.1, -0.05) is 0 Å². The molecule has 0 aromatic rings. The second-order valence-electron chi connectivity index (χ2n) is 4.88. The Morgan fingerprint density at radius 2 is 1.94 bits per heavy atom. The molecule has 0 N–H and O–H groups in total. The predicted molar refractivity (Wildman–Crippen MR) is 70.0 cm³/mol. The van der Waals surface area contributed by atoms with Crippen molar-refractivity contribution in [3.8, 4) is 0 Å². The van der Waals surface area contributed by atoms with E-state index in [-0.39, 0.29) is 23.6 Å². The van der Waals surface area contributed by atoms with Gasteiger partial charge in [0.15, 0.2) is 0 Å². The molecular weight excluding hydrogens is 276 g/mol. The molecule has 5 nitrogen and oxygen atoms in total. The maximum absolute atomic E-state index is 11.9. The van der Waals surface area contributed by atoms with E-state index in [0.717, 1.165) is 25.7 Å². The second-order valence-corrected chi connectivity index (χ2v) is 7.19. The van der Waals surface area contributed by atoms with Gasteiger partial charge in [-0.2, -0.15) is 4.31 Å². The van der Waals surface area contributed by atoms with E-state index in [9.17, 15) is 13.2 Å². The summed E-state index contributed by atoms with van der Waals surface area (Å²) < 4.78 is 25.4. The lowest BCUT2D eigenvalue weighted by Gasteiger charge is -2.25. The largest absolute Gasteiger partial charge is 0.342 e. The highest BCUT2D eigenvalue weighted by Crippen LogP contribution is 2.24. The molecule has 2 rings (SSSR count). The van der Waals surface area contributed by atoms with E-state index in [1.807, 2.05) is 0 Å². The molecule has 1 unspecified atom stereocenters. The number of alkyl halides is 1. The number of hydrogen-bond acceptors (Lipinski definition) is 3. The van der Waals surface area contributed by atoms with E-state index in [2.05, 4.69) is 0 Å². The molecule has 2 aliphatic heterocycles. The maximum Gasteiger partial charge on any atom is 0.237 e. The summed E-state index contributed by atoms with van der Waals surface area (Å²) in [5, 5.41) is 0. The van der Waals surface area contributed by atoms with Crippen LogP contribution in [0.5, 0.6) is 0 Å². The van der Waals surface area contributed by atoms with E-state index in [4.69, 9.17) is 11.6 Å². The number of halogens is 1. The number of carbonyl (C=O) groups excluding carboxylic acids is 1. The molecule has 0 aliphatic carbocycles. The minimum atomic E-state index is -3.04. The fraction of sp³-hybridized carbons (Fsp3) is 0.909. The summed E-state index contributed by atoms with van der Waals surface area (Å²) >= 11 is 5.55. The average Bonchev–Trinajstić information content (AvgIpc) is 2.55. The Kier molecular flexibility index (Phi) is 4.50. The number of hydrogen-bond donors (Lipinski definition) is 0. The molecule has 0 radical (unpaired) electrons. The quantitative estimate of drug-likeness (QED) is 0.702. The molecule has 2 heterocycles. The van der Waals surface area contributed by atoms with Gasteiger partial charge in [-0.25, -0.2) is 8.42 Å². The number of nitrogens with zero attached hydrogens (tertiary/aromatic N) is 2. The molecular formula is C11H19ClN2O3S. The molecule has 2 fully saturated rings. The van der Waals surface area contributed by atoms with Gasteiger partial charge in [0, 0.05) is 25.7 Å². The van der Waals surface area contributed by atoms with Crippen LogP contribution in [0.4, 0.5) is 0 Å². The Labute approximate surface area is 113 Å². The van der Waals surface area contributed by atoms with Crippen molar-refractivity contribution in [2.45, 2.75) is 31.7 Å². The normalized spacial score (nSPS) is 29.2. The van der Waals surface area contributed by atoms with Crippen molar-refractivity contribution in [3.05, 3.63) is 0 Å². The standard InChI is InChI=1S/C11H19ClN2O3S/c12-9-11(15)13-5-1-3-10(4-7-13)14-6-2-8-18(14,16)17/h10H,1-9H2. The van der Waals surface area contributed by atoms with Crippen LogP contribution in [0.25, 0.3) is 0 Å². The second kappa shape index (κ2) is 5.75. The van der Waals surface area contributed by atoms with Crippen LogP contribution < -0.4 is 0 Å². The first-order chi connectivity index (χ1) is 8.54. The van der Waals surface area contributed by atoms with E-state index >= 15 is 0 Å². The van der Waals surface area contributed by atoms with Crippen molar-refractivity contribution in [1.82, 2.24) is 9.21 Å². The van der Waals surface area contributed by atoms with Gasteiger partial charge in [-0.05, 0) is 25.7 Å². The highest BCUT2D eigenvalue weighted by molar-refractivity contribution is 7.89. The zero-order valence-electron chi connectivity index (χ0n) is 10.3. The third kappa shape index (κ3) is 2.97. The van der Waals surface area contributed by atoms with E-state index < -0.39 is 10.0 Å². The molecule has 104 valence electrons. The predicted octanol–water partition coefficient (Wildman–Crippen LogP) is 0.642. The lowest BCUT2D eigenvalue weighted by atomic mass is 10.1. The van der Waals surface area contributed by atoms with Gasteiger partial charge in [-0.3, -0.25) is 4.79 Å². The number of carbonyl (C=O) groups is 1. The molecule has 1 amide bonds. The van der Waals surface area contributed by atoms with Crippen LogP contribution in [-0.4, -0.2) is 60.8 Å². The van der Waals surface area contributed by atoms with E-state index in [0.29, 0.717) is 19.6 Å². The van der Waals surface area contributed by atoms with Crippen LogP contribution in [0.1, 0.15) is 25.7 Å². The molecule has 18 heavy (non-hydrogen) atoms. The summed E-state index contributed by atoms with van der Waals surface area (Å²) in [6.45, 7) is 1.94. The smallest absolute Gasteiger partial charge is 0.237 e. The minimum absolute atomic E-state index is 0.00663. The molecule has 0 saturated carbocycles. The molecule has 2 aliphatic rings. The minimum Gasteiger partial charge on any atom is -0.342 e. The van der Waals surface area contributed by atoms with E-state index in [1.54, 1.807) is 9.21 Å². The Hall–Kier alpha value is -0.330. The van der Waals surface area contributed by atoms with Gasteiger partial charge < -0.3 is 4.90 Å². The van der Waals surface area contributed by atoms with Gasteiger partial charge in [0.2, 0.25) is 15.9 Å². The number of likely N-dealkylation sites (tertiary alicyclic amines) is 1. The summed E-state index contributed by atoms with van der Waals surface area (Å²) in [5.74, 6) is 0.224. The Balaban J connectivity index is 1.99. The van der Waals surface area contributed by atoms with Crippen molar-refractivity contribution in [2.75, 3.05) is 31.3 Å². The first-order valence-electron chi connectivity index (χ1n) is 6.38. The van der Waals surface area contributed by atoms with Gasteiger partial charge in [0.1, 0.15) is 5.88 Å². The van der Waals surface area contributed by atoms with Crippen molar-refractivity contribution in [3.63, 3.8) is 0 Å². The molecule has 0 bridgehead atoms. The zero-order valence-corrected chi connectivity index (χ0v) is 11.9. The zero-order chi connectivity index (χ0) is 13.2. The molecule has 0 aromatic carbocycles. The van der Waals surface area contributed by atoms with Crippen LogP contribution in [0.15, 0.2) is 0 Å². The first-order valence-corrected chi connectivity index (χ1v) is 8.52. The number of sulfonamides is 1. The van der Waals surface area contributed by atoms with Gasteiger partial charge in [-0.15, -0.1) is 11.6 Å². The van der Waals surface area contributed by atoms with Crippen molar-refractivity contribution in [2.24, 2.45) is 0 Å². The number of amides is 1. The maximum atomic E-state index is 11.9. The molecule has 0 spiro atoms.